The molecule has 1 rings (SSSR count). The quantitative estimate of drug-likeness (QED) is 0.795. The van der Waals surface area contributed by atoms with Crippen LogP contribution in [0.25, 0.3) is 0 Å². The van der Waals surface area contributed by atoms with Crippen molar-refractivity contribution in [2.75, 3.05) is 0 Å². The molecule has 2 N–H and O–H groups in total. The number of carboxylic acids is 1. The molecule has 1 amide bonds. The number of hydrogen-bond donors (Lipinski definition) is 2. The number of aryl methyl sites for hydroxylation is 2. The predicted molar refractivity (Wildman–Crippen MR) is 55.2 cm³/mol. The Bertz CT molecular complexity index is 391. The standard InChI is InChI=1S/C10H14N2O4/c1-4-7(10(14)15)11-9(13)8-5(2)12-16-6(8)3/h7H,4H2,1-3H3,(H,11,13)(H,14,15). The SMILES string of the molecule is CCC(NC(=O)c1c(C)noc1C)C(=O)O. The fourth-order valence-corrected chi connectivity index (χ4v) is 1.38. The van der Waals surface area contributed by atoms with Crippen LogP contribution in [0.2, 0.25) is 0 Å². The van der Waals surface area contributed by atoms with Gasteiger partial charge in [-0.25, -0.2) is 4.79 Å². The highest BCUT2D eigenvalue weighted by molar-refractivity contribution is 5.98. The monoisotopic (exact) mass is 226 g/mol. The number of rotatable bonds is 4. The van der Waals surface area contributed by atoms with Crippen molar-refractivity contribution in [3.8, 4) is 0 Å². The lowest BCUT2D eigenvalue weighted by molar-refractivity contribution is -0.139. The van der Waals surface area contributed by atoms with E-state index >= 15 is 0 Å². The number of aromatic nitrogens is 1. The number of nitrogens with zero attached hydrogens (tertiary/aromatic N) is 1. The summed E-state index contributed by atoms with van der Waals surface area (Å²) in [7, 11) is 0. The van der Waals surface area contributed by atoms with E-state index in [4.69, 9.17) is 9.63 Å². The topological polar surface area (TPSA) is 92.4 Å². The van der Waals surface area contributed by atoms with E-state index in [9.17, 15) is 9.59 Å². The molecule has 0 radical (unpaired) electrons. The number of carboxylic acid groups (broad SMARTS) is 1. The number of aliphatic carboxylic acids is 1. The molecule has 1 heterocycles. The molecule has 0 aliphatic carbocycles. The summed E-state index contributed by atoms with van der Waals surface area (Å²) in [4.78, 5) is 22.5. The number of hydrogen-bond acceptors (Lipinski definition) is 4. The average molecular weight is 226 g/mol. The minimum atomic E-state index is -1.05. The molecule has 0 fully saturated rings. The fraction of sp³-hybridized carbons (Fsp3) is 0.500. The van der Waals surface area contributed by atoms with Gasteiger partial charge in [-0.1, -0.05) is 12.1 Å². The van der Waals surface area contributed by atoms with Crippen molar-refractivity contribution in [2.24, 2.45) is 0 Å². The molecule has 6 nitrogen and oxygen atoms in total. The second-order valence-corrected chi connectivity index (χ2v) is 3.47. The molecule has 0 aliphatic heterocycles. The third-order valence-electron chi connectivity index (χ3n) is 2.27. The third kappa shape index (κ3) is 2.39. The van der Waals surface area contributed by atoms with E-state index in [1.807, 2.05) is 0 Å². The van der Waals surface area contributed by atoms with Gasteiger partial charge in [-0.15, -0.1) is 0 Å². The summed E-state index contributed by atoms with van der Waals surface area (Å²) in [6, 6.07) is -0.888. The Hall–Kier alpha value is -1.85. The first-order chi connectivity index (χ1) is 7.47. The highest BCUT2D eigenvalue weighted by atomic mass is 16.5. The number of amides is 1. The van der Waals surface area contributed by atoms with E-state index in [-0.39, 0.29) is 0 Å². The Morgan fingerprint density at radius 2 is 2.12 bits per heavy atom. The first kappa shape index (κ1) is 12.2. The maximum absolute atomic E-state index is 11.7. The first-order valence-electron chi connectivity index (χ1n) is 4.93. The van der Waals surface area contributed by atoms with Gasteiger partial charge < -0.3 is 14.9 Å². The molecule has 88 valence electrons. The van der Waals surface area contributed by atoms with Crippen LogP contribution in [-0.2, 0) is 4.79 Å². The van der Waals surface area contributed by atoms with Crippen molar-refractivity contribution in [1.29, 1.82) is 0 Å². The fourth-order valence-electron chi connectivity index (χ4n) is 1.38. The Balaban J connectivity index is 2.84. The summed E-state index contributed by atoms with van der Waals surface area (Å²) in [6.45, 7) is 4.93. The molecular formula is C10H14N2O4. The van der Waals surface area contributed by atoms with E-state index in [0.29, 0.717) is 23.4 Å². The van der Waals surface area contributed by atoms with Gasteiger partial charge in [0.2, 0.25) is 0 Å². The van der Waals surface area contributed by atoms with Crippen LogP contribution < -0.4 is 5.32 Å². The van der Waals surface area contributed by atoms with Gasteiger partial charge in [-0.3, -0.25) is 4.79 Å². The van der Waals surface area contributed by atoms with Gasteiger partial charge in [0.1, 0.15) is 17.4 Å². The molecule has 16 heavy (non-hydrogen) atoms. The zero-order valence-corrected chi connectivity index (χ0v) is 9.40. The maximum atomic E-state index is 11.7. The highest BCUT2D eigenvalue weighted by Crippen LogP contribution is 2.12. The van der Waals surface area contributed by atoms with Crippen molar-refractivity contribution >= 4 is 11.9 Å². The van der Waals surface area contributed by atoms with Crippen molar-refractivity contribution in [3.63, 3.8) is 0 Å². The molecule has 1 atom stereocenters. The molecule has 0 aromatic carbocycles. The predicted octanol–water partition coefficient (Wildman–Crippen LogP) is 0.884. The Labute approximate surface area is 92.6 Å². The largest absolute Gasteiger partial charge is 0.480 e. The molecule has 1 aromatic heterocycles. The van der Waals surface area contributed by atoms with E-state index in [1.165, 1.54) is 0 Å². The van der Waals surface area contributed by atoms with Gasteiger partial charge in [0, 0.05) is 0 Å². The lowest BCUT2D eigenvalue weighted by atomic mass is 10.1. The first-order valence-corrected chi connectivity index (χ1v) is 4.93. The molecule has 0 saturated heterocycles. The number of nitrogens with one attached hydrogen (secondary N) is 1. The zero-order chi connectivity index (χ0) is 12.3. The van der Waals surface area contributed by atoms with Gasteiger partial charge >= 0.3 is 5.97 Å². The minimum absolute atomic E-state index is 0.305. The zero-order valence-electron chi connectivity index (χ0n) is 9.40. The second-order valence-electron chi connectivity index (χ2n) is 3.47. The van der Waals surface area contributed by atoms with E-state index in [2.05, 4.69) is 10.5 Å². The normalized spacial score (nSPS) is 12.2. The average Bonchev–Trinajstić information content (AvgIpc) is 2.54. The van der Waals surface area contributed by atoms with Gasteiger partial charge in [0.05, 0.1) is 5.69 Å². The van der Waals surface area contributed by atoms with Gasteiger partial charge in [-0.05, 0) is 20.3 Å². The third-order valence-corrected chi connectivity index (χ3v) is 2.27. The van der Waals surface area contributed by atoms with Crippen molar-refractivity contribution in [3.05, 3.63) is 17.0 Å². The molecule has 0 spiro atoms. The van der Waals surface area contributed by atoms with Crippen LogP contribution in [-0.4, -0.2) is 28.2 Å². The molecule has 0 saturated carbocycles. The summed E-state index contributed by atoms with van der Waals surface area (Å²) < 4.78 is 4.83. The van der Waals surface area contributed by atoms with Crippen LogP contribution in [0.3, 0.4) is 0 Å². The molecule has 1 unspecified atom stereocenters. The Kier molecular flexibility index (Phi) is 3.65. The molecule has 0 bridgehead atoms. The number of carbonyl (C=O) groups is 2. The van der Waals surface area contributed by atoms with Crippen molar-refractivity contribution < 1.29 is 19.2 Å². The summed E-state index contributed by atoms with van der Waals surface area (Å²) in [5, 5.41) is 14.8. The van der Waals surface area contributed by atoms with Crippen molar-refractivity contribution in [1.82, 2.24) is 10.5 Å². The summed E-state index contributed by atoms with van der Waals surface area (Å²) >= 11 is 0. The Morgan fingerprint density at radius 3 is 2.50 bits per heavy atom. The van der Waals surface area contributed by atoms with E-state index < -0.39 is 17.9 Å². The Morgan fingerprint density at radius 1 is 1.50 bits per heavy atom. The number of carbonyl (C=O) groups excluding carboxylic acids is 1. The van der Waals surface area contributed by atoms with Crippen LogP contribution >= 0.6 is 0 Å². The highest BCUT2D eigenvalue weighted by Gasteiger charge is 2.23. The smallest absolute Gasteiger partial charge is 0.326 e. The maximum Gasteiger partial charge on any atom is 0.326 e. The van der Waals surface area contributed by atoms with Crippen LogP contribution in [0, 0.1) is 13.8 Å². The van der Waals surface area contributed by atoms with Crippen LogP contribution in [0.15, 0.2) is 4.52 Å². The van der Waals surface area contributed by atoms with Crippen LogP contribution in [0.1, 0.15) is 35.2 Å². The van der Waals surface area contributed by atoms with Crippen LogP contribution in [0.5, 0.6) is 0 Å². The lowest BCUT2D eigenvalue weighted by Crippen LogP contribution is -2.40. The molecular weight excluding hydrogens is 212 g/mol. The summed E-state index contributed by atoms with van der Waals surface area (Å²) in [6.07, 6.45) is 0.324. The summed E-state index contributed by atoms with van der Waals surface area (Å²) in [5.41, 5.74) is 0.759. The molecule has 6 heteroatoms. The van der Waals surface area contributed by atoms with E-state index in [0.717, 1.165) is 0 Å². The van der Waals surface area contributed by atoms with Gasteiger partial charge in [0.15, 0.2) is 0 Å². The van der Waals surface area contributed by atoms with Crippen molar-refractivity contribution in [2.45, 2.75) is 33.2 Å². The van der Waals surface area contributed by atoms with Gasteiger partial charge in [0.25, 0.3) is 5.91 Å². The minimum Gasteiger partial charge on any atom is -0.480 e. The van der Waals surface area contributed by atoms with Crippen LogP contribution in [0.4, 0.5) is 0 Å². The molecule has 1 aromatic rings. The molecule has 0 aliphatic rings. The van der Waals surface area contributed by atoms with Gasteiger partial charge in [-0.2, -0.15) is 0 Å². The van der Waals surface area contributed by atoms with E-state index in [1.54, 1.807) is 20.8 Å². The summed E-state index contributed by atoms with van der Waals surface area (Å²) in [5.74, 6) is -1.14. The lowest BCUT2D eigenvalue weighted by Gasteiger charge is -2.11. The second kappa shape index (κ2) is 4.78.